The molecule has 2 aromatic carbocycles. The van der Waals surface area contributed by atoms with Crippen molar-refractivity contribution in [2.75, 3.05) is 13.1 Å². The Kier molecular flexibility index (Phi) is 5.20. The van der Waals surface area contributed by atoms with Crippen LogP contribution in [-0.2, 0) is 11.3 Å². The number of Topliss-reactive ketones (excluding diaryl/α,β-unsaturated/α-hetero) is 1. The van der Waals surface area contributed by atoms with Gasteiger partial charge in [0.2, 0.25) is 0 Å². The number of amides is 1. The third-order valence-electron chi connectivity index (χ3n) is 6.55. The quantitative estimate of drug-likeness (QED) is 0.699. The maximum absolute atomic E-state index is 13.2. The standard InChI is InChI=1S/C24H20FN3O3/c25-19-8-6-18(7-9-19)20(29)21-23(24(21,15-26)16-27)10-12-28(13-11-23)22(30)31-14-17-4-2-1-3-5-17/h1-9,21H,10-14H2/t21-/m1/s1. The predicted octanol–water partition coefficient (Wildman–Crippen LogP) is 4.09. The van der Waals surface area contributed by atoms with Gasteiger partial charge in [-0.1, -0.05) is 30.3 Å². The summed E-state index contributed by atoms with van der Waals surface area (Å²) in [5, 5.41) is 19.6. The Hall–Kier alpha value is -3.71. The summed E-state index contributed by atoms with van der Waals surface area (Å²) in [6.07, 6.45) is 0.249. The molecule has 2 aliphatic rings. The number of rotatable bonds is 4. The van der Waals surface area contributed by atoms with Crippen molar-refractivity contribution in [3.05, 3.63) is 71.5 Å². The second kappa shape index (κ2) is 7.85. The zero-order valence-corrected chi connectivity index (χ0v) is 16.8. The van der Waals surface area contributed by atoms with E-state index in [2.05, 4.69) is 12.1 Å². The smallest absolute Gasteiger partial charge is 0.410 e. The number of ketones is 1. The minimum atomic E-state index is -1.43. The Morgan fingerprint density at radius 3 is 2.23 bits per heavy atom. The number of carbonyl (C=O) groups is 2. The number of ether oxygens (including phenoxy) is 1. The van der Waals surface area contributed by atoms with Gasteiger partial charge in [-0.05, 0) is 42.7 Å². The molecule has 4 rings (SSSR count). The summed E-state index contributed by atoms with van der Waals surface area (Å²) in [5.41, 5.74) is -1.08. The van der Waals surface area contributed by atoms with Crippen LogP contribution in [0.1, 0.15) is 28.8 Å². The molecule has 2 aromatic rings. The summed E-state index contributed by atoms with van der Waals surface area (Å²) in [7, 11) is 0. The van der Waals surface area contributed by atoms with Gasteiger partial charge in [0.05, 0.1) is 18.1 Å². The molecule has 1 atom stereocenters. The van der Waals surface area contributed by atoms with E-state index < -0.39 is 28.7 Å². The number of nitriles is 2. The van der Waals surface area contributed by atoms with Gasteiger partial charge in [0, 0.05) is 24.1 Å². The minimum absolute atomic E-state index is 0.160. The van der Waals surface area contributed by atoms with Crippen LogP contribution in [0.5, 0.6) is 0 Å². The number of halogens is 1. The summed E-state index contributed by atoms with van der Waals surface area (Å²) in [6, 6.07) is 18.6. The summed E-state index contributed by atoms with van der Waals surface area (Å²) in [5.74, 6) is -1.58. The van der Waals surface area contributed by atoms with Crippen molar-refractivity contribution in [2.24, 2.45) is 16.7 Å². The monoisotopic (exact) mass is 417 g/mol. The topological polar surface area (TPSA) is 94.2 Å². The lowest BCUT2D eigenvalue weighted by molar-refractivity contribution is 0.0742. The molecule has 1 heterocycles. The normalized spacial score (nSPS) is 20.4. The van der Waals surface area contributed by atoms with Crippen molar-refractivity contribution in [1.82, 2.24) is 4.90 Å². The molecule has 1 saturated carbocycles. The Labute approximate surface area is 179 Å². The van der Waals surface area contributed by atoms with Gasteiger partial charge in [-0.15, -0.1) is 0 Å². The van der Waals surface area contributed by atoms with Crippen molar-refractivity contribution >= 4 is 11.9 Å². The highest BCUT2D eigenvalue weighted by Crippen LogP contribution is 2.74. The third kappa shape index (κ3) is 3.33. The summed E-state index contributed by atoms with van der Waals surface area (Å²) < 4.78 is 18.6. The first-order valence-electron chi connectivity index (χ1n) is 10.1. The Balaban J connectivity index is 1.45. The first-order chi connectivity index (χ1) is 15.0. The summed E-state index contributed by atoms with van der Waals surface area (Å²) in [4.78, 5) is 27.1. The van der Waals surface area contributed by atoms with Crippen LogP contribution < -0.4 is 0 Å². The van der Waals surface area contributed by atoms with Gasteiger partial charge < -0.3 is 9.64 Å². The molecule has 1 aliphatic carbocycles. The van der Waals surface area contributed by atoms with E-state index in [1.165, 1.54) is 24.3 Å². The molecule has 2 fully saturated rings. The fourth-order valence-corrected chi connectivity index (χ4v) is 4.78. The van der Waals surface area contributed by atoms with Crippen LogP contribution in [0.2, 0.25) is 0 Å². The summed E-state index contributed by atoms with van der Waals surface area (Å²) in [6.45, 7) is 0.755. The van der Waals surface area contributed by atoms with E-state index in [0.717, 1.165) is 5.56 Å². The van der Waals surface area contributed by atoms with Crippen LogP contribution in [0.15, 0.2) is 54.6 Å². The number of likely N-dealkylation sites (tertiary alicyclic amines) is 1. The van der Waals surface area contributed by atoms with Crippen molar-refractivity contribution < 1.29 is 18.7 Å². The lowest BCUT2D eigenvalue weighted by Gasteiger charge is -2.32. The molecular weight excluding hydrogens is 397 g/mol. The van der Waals surface area contributed by atoms with Gasteiger partial charge in [-0.25, -0.2) is 9.18 Å². The second-order valence-electron chi connectivity index (χ2n) is 8.02. The zero-order chi connectivity index (χ0) is 22.1. The van der Waals surface area contributed by atoms with Crippen molar-refractivity contribution in [3.8, 4) is 12.1 Å². The van der Waals surface area contributed by atoms with E-state index >= 15 is 0 Å². The van der Waals surface area contributed by atoms with E-state index in [-0.39, 0.29) is 18.0 Å². The molecule has 0 unspecified atom stereocenters. The molecule has 1 amide bonds. The molecule has 1 spiro atoms. The number of carbonyl (C=O) groups excluding carboxylic acids is 2. The second-order valence-corrected chi connectivity index (χ2v) is 8.02. The van der Waals surface area contributed by atoms with Crippen LogP contribution in [0.4, 0.5) is 9.18 Å². The van der Waals surface area contributed by atoms with Gasteiger partial charge in [0.15, 0.2) is 11.2 Å². The lowest BCUT2D eigenvalue weighted by Crippen LogP contribution is -2.41. The first kappa shape index (κ1) is 20.6. The molecule has 7 heteroatoms. The summed E-state index contributed by atoms with van der Waals surface area (Å²) >= 11 is 0. The maximum atomic E-state index is 13.2. The number of nitrogens with zero attached hydrogens (tertiary/aromatic N) is 3. The molecule has 1 aliphatic heterocycles. The van der Waals surface area contributed by atoms with Crippen LogP contribution in [-0.4, -0.2) is 29.9 Å². The first-order valence-corrected chi connectivity index (χ1v) is 10.1. The highest BCUT2D eigenvalue weighted by atomic mass is 19.1. The average Bonchev–Trinajstić information content (AvgIpc) is 3.38. The van der Waals surface area contributed by atoms with Gasteiger partial charge >= 0.3 is 6.09 Å². The number of hydrogen-bond donors (Lipinski definition) is 0. The van der Waals surface area contributed by atoms with Crippen LogP contribution in [0.25, 0.3) is 0 Å². The largest absolute Gasteiger partial charge is 0.445 e. The zero-order valence-electron chi connectivity index (χ0n) is 16.8. The van der Waals surface area contributed by atoms with Crippen LogP contribution in [0.3, 0.4) is 0 Å². The lowest BCUT2D eigenvalue weighted by atomic mass is 9.84. The Morgan fingerprint density at radius 1 is 1.03 bits per heavy atom. The van der Waals surface area contributed by atoms with Gasteiger partial charge in [-0.3, -0.25) is 4.79 Å². The van der Waals surface area contributed by atoms with E-state index in [1.807, 2.05) is 30.3 Å². The number of hydrogen-bond acceptors (Lipinski definition) is 5. The van der Waals surface area contributed by atoms with E-state index in [4.69, 9.17) is 4.74 Å². The fourth-order valence-electron chi connectivity index (χ4n) is 4.78. The van der Waals surface area contributed by atoms with Crippen molar-refractivity contribution in [1.29, 1.82) is 10.5 Å². The predicted molar refractivity (Wildman–Crippen MR) is 108 cm³/mol. The molecular formula is C24H20FN3O3. The third-order valence-corrected chi connectivity index (χ3v) is 6.55. The molecule has 31 heavy (non-hydrogen) atoms. The SMILES string of the molecule is N#CC1(C#N)[C@H](C(=O)c2ccc(F)cc2)C12CCN(C(=O)OCc1ccccc1)CC2. The Bertz CT molecular complexity index is 1060. The van der Waals surface area contributed by atoms with Gasteiger partial charge in [0.1, 0.15) is 12.4 Å². The van der Waals surface area contributed by atoms with Crippen molar-refractivity contribution in [2.45, 2.75) is 19.4 Å². The fraction of sp³-hybridized carbons (Fsp3) is 0.333. The molecule has 0 N–H and O–H groups in total. The van der Waals surface area contributed by atoms with Gasteiger partial charge in [0.25, 0.3) is 0 Å². The molecule has 6 nitrogen and oxygen atoms in total. The number of benzene rings is 2. The van der Waals surface area contributed by atoms with Crippen molar-refractivity contribution in [3.63, 3.8) is 0 Å². The minimum Gasteiger partial charge on any atom is -0.445 e. The van der Waals surface area contributed by atoms with E-state index in [9.17, 15) is 24.5 Å². The van der Waals surface area contributed by atoms with E-state index in [1.54, 1.807) is 4.90 Å². The van der Waals surface area contributed by atoms with Crippen LogP contribution >= 0.6 is 0 Å². The molecule has 0 radical (unpaired) electrons. The molecule has 0 aromatic heterocycles. The highest BCUT2D eigenvalue weighted by Gasteiger charge is 2.80. The molecule has 1 saturated heterocycles. The highest BCUT2D eigenvalue weighted by molar-refractivity contribution is 6.02. The van der Waals surface area contributed by atoms with Crippen LogP contribution in [0, 0.1) is 45.2 Å². The maximum Gasteiger partial charge on any atom is 0.410 e. The molecule has 156 valence electrons. The molecule has 0 bridgehead atoms. The number of piperidine rings is 1. The van der Waals surface area contributed by atoms with Gasteiger partial charge in [-0.2, -0.15) is 10.5 Å². The van der Waals surface area contributed by atoms with E-state index in [0.29, 0.717) is 25.9 Å². The average molecular weight is 417 g/mol. The Morgan fingerprint density at radius 2 is 1.65 bits per heavy atom.